The third-order valence-corrected chi connectivity index (χ3v) is 6.73. The van der Waals surface area contributed by atoms with Crippen LogP contribution in [0.5, 0.6) is 0 Å². The van der Waals surface area contributed by atoms with E-state index in [2.05, 4.69) is 4.98 Å². The monoisotopic (exact) mass is 379 g/mol. The zero-order valence-electron chi connectivity index (χ0n) is 15.8. The molecule has 1 aromatic heterocycles. The van der Waals surface area contributed by atoms with Crippen molar-refractivity contribution in [3.8, 4) is 0 Å². The second-order valence-electron chi connectivity index (χ2n) is 7.59. The summed E-state index contributed by atoms with van der Waals surface area (Å²) >= 11 is 1.63. The van der Waals surface area contributed by atoms with Gasteiger partial charge in [-0.2, -0.15) is 0 Å². The topological polar surface area (TPSA) is 62.7 Å². The summed E-state index contributed by atoms with van der Waals surface area (Å²) in [6.45, 7) is 5.60. The first kappa shape index (κ1) is 19.3. The molecular formula is C19H29N3O3S. The van der Waals surface area contributed by atoms with Gasteiger partial charge in [-0.15, -0.1) is 11.3 Å². The number of piperidine rings is 2. The molecule has 1 spiro atoms. The molecule has 7 heteroatoms. The van der Waals surface area contributed by atoms with E-state index in [1.165, 1.54) is 4.88 Å². The summed E-state index contributed by atoms with van der Waals surface area (Å²) in [5.74, 6) is 0.453. The van der Waals surface area contributed by atoms with Crippen LogP contribution >= 0.6 is 11.3 Å². The Balaban J connectivity index is 1.58. The lowest BCUT2D eigenvalue weighted by atomic mass is 9.73. The standard InChI is InChI=1S/C19H29N3O3S/c1-15-16(26-14-20-15)4-5-17(23)21-9-3-7-19(12-21)8-6-18(24)22(13-19)10-11-25-2/h14H,3-13H2,1-2H3/t19-/m0/s1. The number of carbonyl (C=O) groups excluding carboxylic acids is 2. The molecule has 144 valence electrons. The van der Waals surface area contributed by atoms with Gasteiger partial charge in [-0.25, -0.2) is 4.98 Å². The van der Waals surface area contributed by atoms with Crippen LogP contribution in [0.15, 0.2) is 5.51 Å². The molecule has 2 amide bonds. The number of carbonyl (C=O) groups is 2. The highest BCUT2D eigenvalue weighted by Crippen LogP contribution is 2.39. The molecule has 1 atom stereocenters. The first-order chi connectivity index (χ1) is 12.5. The fourth-order valence-electron chi connectivity index (χ4n) is 4.21. The van der Waals surface area contributed by atoms with E-state index < -0.39 is 0 Å². The Morgan fingerprint density at radius 3 is 2.96 bits per heavy atom. The molecule has 3 heterocycles. The van der Waals surface area contributed by atoms with E-state index in [9.17, 15) is 9.59 Å². The van der Waals surface area contributed by atoms with Gasteiger partial charge in [0, 0.05) is 56.4 Å². The number of rotatable bonds is 6. The van der Waals surface area contributed by atoms with Crippen LogP contribution in [0.2, 0.25) is 0 Å². The van der Waals surface area contributed by atoms with Crippen molar-refractivity contribution in [2.24, 2.45) is 5.41 Å². The number of aromatic nitrogens is 1. The first-order valence-corrected chi connectivity index (χ1v) is 10.3. The van der Waals surface area contributed by atoms with Gasteiger partial charge in [-0.1, -0.05) is 0 Å². The van der Waals surface area contributed by atoms with Crippen molar-refractivity contribution in [1.29, 1.82) is 0 Å². The minimum Gasteiger partial charge on any atom is -0.383 e. The predicted molar refractivity (Wildman–Crippen MR) is 101 cm³/mol. The van der Waals surface area contributed by atoms with E-state index in [1.807, 2.05) is 22.2 Å². The molecule has 0 bridgehead atoms. The smallest absolute Gasteiger partial charge is 0.222 e. The van der Waals surface area contributed by atoms with E-state index in [1.54, 1.807) is 18.4 Å². The zero-order chi connectivity index (χ0) is 18.6. The minimum atomic E-state index is 0.0654. The lowest BCUT2D eigenvalue weighted by molar-refractivity contribution is -0.143. The number of hydrogen-bond acceptors (Lipinski definition) is 5. The van der Waals surface area contributed by atoms with Crippen LogP contribution in [0.25, 0.3) is 0 Å². The number of amides is 2. The van der Waals surface area contributed by atoms with Crippen molar-refractivity contribution in [3.63, 3.8) is 0 Å². The number of hydrogen-bond donors (Lipinski definition) is 0. The molecule has 6 nitrogen and oxygen atoms in total. The quantitative estimate of drug-likeness (QED) is 0.761. The third-order valence-electron chi connectivity index (χ3n) is 5.74. The molecule has 0 aromatic carbocycles. The van der Waals surface area contributed by atoms with Gasteiger partial charge in [0.15, 0.2) is 0 Å². The maximum Gasteiger partial charge on any atom is 0.222 e. The lowest BCUT2D eigenvalue weighted by Gasteiger charge is -2.48. The number of likely N-dealkylation sites (tertiary alicyclic amines) is 2. The maximum absolute atomic E-state index is 12.8. The highest BCUT2D eigenvalue weighted by atomic mass is 32.1. The van der Waals surface area contributed by atoms with Crippen LogP contribution in [0, 0.1) is 12.3 Å². The van der Waals surface area contributed by atoms with Crippen LogP contribution in [-0.4, -0.2) is 66.5 Å². The van der Waals surface area contributed by atoms with Crippen LogP contribution in [0.4, 0.5) is 0 Å². The zero-order valence-corrected chi connectivity index (χ0v) is 16.6. The Morgan fingerprint density at radius 2 is 2.23 bits per heavy atom. The van der Waals surface area contributed by atoms with Crippen LogP contribution in [0.1, 0.15) is 42.7 Å². The number of thiazole rings is 1. The predicted octanol–water partition coefficient (Wildman–Crippen LogP) is 2.26. The Bertz CT molecular complexity index is 648. The lowest BCUT2D eigenvalue weighted by Crippen LogP contribution is -2.55. The molecule has 2 aliphatic rings. The number of methoxy groups -OCH3 is 1. The van der Waals surface area contributed by atoms with Crippen molar-refractivity contribution >= 4 is 23.2 Å². The molecule has 3 rings (SSSR count). The van der Waals surface area contributed by atoms with Gasteiger partial charge < -0.3 is 14.5 Å². The molecule has 0 unspecified atom stereocenters. The number of aryl methyl sites for hydroxylation is 2. The molecule has 0 saturated carbocycles. The highest BCUT2D eigenvalue weighted by molar-refractivity contribution is 7.09. The van der Waals surface area contributed by atoms with E-state index in [4.69, 9.17) is 4.74 Å². The molecule has 2 aliphatic heterocycles. The summed E-state index contributed by atoms with van der Waals surface area (Å²) in [6, 6.07) is 0. The normalized spacial score (nSPS) is 23.7. The van der Waals surface area contributed by atoms with Crippen molar-refractivity contribution in [2.45, 2.75) is 45.4 Å². The van der Waals surface area contributed by atoms with Crippen LogP contribution < -0.4 is 0 Å². The Labute approximate surface area is 159 Å². The molecule has 1 aromatic rings. The SMILES string of the molecule is COCCN1C[C@@]2(CCCN(C(=O)CCc3scnc3C)C2)CCC1=O. The third kappa shape index (κ3) is 4.43. The highest BCUT2D eigenvalue weighted by Gasteiger charge is 2.42. The van der Waals surface area contributed by atoms with E-state index in [-0.39, 0.29) is 17.2 Å². The van der Waals surface area contributed by atoms with Crippen molar-refractivity contribution in [1.82, 2.24) is 14.8 Å². The van der Waals surface area contributed by atoms with Crippen LogP contribution in [-0.2, 0) is 20.7 Å². The Morgan fingerprint density at radius 1 is 1.38 bits per heavy atom. The Hall–Kier alpha value is -1.47. The van der Waals surface area contributed by atoms with E-state index in [0.717, 1.165) is 51.0 Å². The first-order valence-electron chi connectivity index (χ1n) is 9.46. The second-order valence-corrected chi connectivity index (χ2v) is 8.53. The maximum atomic E-state index is 12.8. The van der Waals surface area contributed by atoms with Gasteiger partial charge in [0.05, 0.1) is 17.8 Å². The Kier molecular flexibility index (Phi) is 6.29. The summed E-state index contributed by atoms with van der Waals surface area (Å²) < 4.78 is 5.14. The van der Waals surface area contributed by atoms with Crippen molar-refractivity contribution < 1.29 is 14.3 Å². The van der Waals surface area contributed by atoms with Gasteiger partial charge in [-0.3, -0.25) is 9.59 Å². The molecule has 26 heavy (non-hydrogen) atoms. The van der Waals surface area contributed by atoms with Gasteiger partial charge in [-0.05, 0) is 32.6 Å². The average Bonchev–Trinajstić information content (AvgIpc) is 3.06. The summed E-state index contributed by atoms with van der Waals surface area (Å²) in [5.41, 5.74) is 2.95. The summed E-state index contributed by atoms with van der Waals surface area (Å²) in [4.78, 5) is 34.4. The summed E-state index contributed by atoms with van der Waals surface area (Å²) in [6.07, 6.45) is 4.93. The van der Waals surface area contributed by atoms with Gasteiger partial charge >= 0.3 is 0 Å². The summed E-state index contributed by atoms with van der Waals surface area (Å²) in [7, 11) is 1.66. The molecule has 0 aliphatic carbocycles. The molecule has 2 saturated heterocycles. The second kappa shape index (κ2) is 8.48. The number of nitrogens with zero attached hydrogens (tertiary/aromatic N) is 3. The number of ether oxygens (including phenoxy) is 1. The van der Waals surface area contributed by atoms with Crippen molar-refractivity contribution in [2.75, 3.05) is 39.9 Å². The van der Waals surface area contributed by atoms with E-state index in [0.29, 0.717) is 26.0 Å². The molecule has 0 radical (unpaired) electrons. The largest absolute Gasteiger partial charge is 0.383 e. The fraction of sp³-hybridized carbons (Fsp3) is 0.737. The van der Waals surface area contributed by atoms with Gasteiger partial charge in [0.25, 0.3) is 0 Å². The minimum absolute atomic E-state index is 0.0654. The van der Waals surface area contributed by atoms with Gasteiger partial charge in [0.2, 0.25) is 11.8 Å². The van der Waals surface area contributed by atoms with Gasteiger partial charge in [0.1, 0.15) is 0 Å². The molecular weight excluding hydrogens is 350 g/mol. The van der Waals surface area contributed by atoms with Crippen LogP contribution in [0.3, 0.4) is 0 Å². The summed E-state index contributed by atoms with van der Waals surface area (Å²) in [5, 5.41) is 0. The van der Waals surface area contributed by atoms with Crippen molar-refractivity contribution in [3.05, 3.63) is 16.1 Å². The van der Waals surface area contributed by atoms with E-state index >= 15 is 0 Å². The molecule has 0 N–H and O–H groups in total. The average molecular weight is 380 g/mol. The molecule has 2 fully saturated rings. The fourth-order valence-corrected chi connectivity index (χ4v) is 4.99.